The first kappa shape index (κ1) is 24.7. The van der Waals surface area contributed by atoms with Crippen molar-refractivity contribution >= 4 is 17.4 Å². The molecule has 3 heterocycles. The molecule has 1 saturated heterocycles. The summed E-state index contributed by atoms with van der Waals surface area (Å²) in [6.45, 7) is 6.88. The topological polar surface area (TPSA) is 84.6 Å². The smallest absolute Gasteiger partial charge is 0.322 e. The van der Waals surface area contributed by atoms with Gasteiger partial charge in [0.05, 0.1) is 6.20 Å². The minimum atomic E-state index is 0.121. The van der Waals surface area contributed by atoms with Crippen LogP contribution in [0.4, 0.5) is 5.95 Å². The van der Waals surface area contributed by atoms with Crippen molar-refractivity contribution in [1.82, 2.24) is 24.5 Å². The lowest BCUT2D eigenvalue weighted by Gasteiger charge is -2.28. The molecular formula is C28H38N6O2. The minimum absolute atomic E-state index is 0.121. The Morgan fingerprint density at radius 3 is 2.61 bits per heavy atom. The monoisotopic (exact) mass is 490 g/mol. The molecule has 5 rings (SSSR count). The molecule has 0 spiro atoms. The Bertz CT molecular complexity index is 1190. The number of ether oxygens (including phenoxy) is 1. The molecule has 0 radical (unpaired) electrons. The van der Waals surface area contributed by atoms with Crippen molar-refractivity contribution in [2.75, 3.05) is 25.5 Å². The number of piperidine rings is 1. The maximum Gasteiger partial charge on any atom is 0.322 e. The van der Waals surface area contributed by atoms with Gasteiger partial charge in [-0.1, -0.05) is 51.0 Å². The van der Waals surface area contributed by atoms with E-state index in [-0.39, 0.29) is 17.9 Å². The SMILES string of the molecule is CC(C)c1cnn2c(NCc3cccc(CC(=O)C4CCCC4)c3)nc(OC3CCN(C)CC3)nc12. The lowest BCUT2D eigenvalue weighted by atomic mass is 9.96. The predicted molar refractivity (Wildman–Crippen MR) is 140 cm³/mol. The van der Waals surface area contributed by atoms with Crippen LogP contribution < -0.4 is 10.1 Å². The summed E-state index contributed by atoms with van der Waals surface area (Å²) >= 11 is 0. The number of fused-ring (bicyclic) bond motifs is 1. The van der Waals surface area contributed by atoms with E-state index in [4.69, 9.17) is 14.7 Å². The Hall–Kier alpha value is -3.00. The molecule has 2 aromatic heterocycles. The summed E-state index contributed by atoms with van der Waals surface area (Å²) in [4.78, 5) is 24.4. The summed E-state index contributed by atoms with van der Waals surface area (Å²) in [7, 11) is 2.14. The van der Waals surface area contributed by atoms with E-state index >= 15 is 0 Å². The Balaban J connectivity index is 1.33. The standard InChI is InChI=1S/C28H38N6O2/c1-19(2)24-18-30-34-26(24)31-28(36-23-11-13-33(3)14-12-23)32-27(34)29-17-21-8-6-7-20(15-21)16-25(35)22-9-4-5-10-22/h6-8,15,18-19,22-23H,4-5,9-14,16-17H2,1-3H3,(H,29,31,32). The summed E-state index contributed by atoms with van der Waals surface area (Å²) in [5.41, 5.74) is 4.03. The van der Waals surface area contributed by atoms with Crippen LogP contribution in [0.5, 0.6) is 6.01 Å². The van der Waals surface area contributed by atoms with Crippen LogP contribution in [-0.2, 0) is 17.8 Å². The van der Waals surface area contributed by atoms with Gasteiger partial charge in [0.1, 0.15) is 11.9 Å². The van der Waals surface area contributed by atoms with E-state index in [2.05, 4.69) is 54.4 Å². The summed E-state index contributed by atoms with van der Waals surface area (Å²) in [5.74, 6) is 1.53. The minimum Gasteiger partial charge on any atom is -0.460 e. The fourth-order valence-corrected chi connectivity index (χ4v) is 5.33. The van der Waals surface area contributed by atoms with E-state index in [1.165, 1.54) is 12.8 Å². The third kappa shape index (κ3) is 5.69. The fraction of sp³-hybridized carbons (Fsp3) is 0.571. The van der Waals surface area contributed by atoms with Gasteiger partial charge in [-0.15, -0.1) is 0 Å². The molecule has 0 amide bonds. The molecule has 3 aromatic rings. The average molecular weight is 491 g/mol. The first-order chi connectivity index (χ1) is 17.5. The highest BCUT2D eigenvalue weighted by Gasteiger charge is 2.23. The molecule has 8 heteroatoms. The van der Waals surface area contributed by atoms with Gasteiger partial charge in [0, 0.05) is 37.5 Å². The summed E-state index contributed by atoms with van der Waals surface area (Å²) < 4.78 is 8.02. The van der Waals surface area contributed by atoms with Gasteiger partial charge in [-0.3, -0.25) is 4.79 Å². The van der Waals surface area contributed by atoms with Crippen LogP contribution in [0, 0.1) is 5.92 Å². The number of aromatic nitrogens is 4. The molecule has 1 aliphatic carbocycles. The molecule has 2 aliphatic rings. The van der Waals surface area contributed by atoms with Crippen molar-refractivity contribution in [3.05, 3.63) is 47.2 Å². The number of Topliss-reactive ketones (excluding diaryl/α,β-unsaturated/α-hetero) is 1. The van der Waals surface area contributed by atoms with E-state index < -0.39 is 0 Å². The van der Waals surface area contributed by atoms with Crippen molar-refractivity contribution < 1.29 is 9.53 Å². The molecule has 192 valence electrons. The number of hydrogen-bond acceptors (Lipinski definition) is 7. The summed E-state index contributed by atoms with van der Waals surface area (Å²) in [6, 6.07) is 8.68. The first-order valence-electron chi connectivity index (χ1n) is 13.4. The van der Waals surface area contributed by atoms with Crippen LogP contribution in [0.25, 0.3) is 5.65 Å². The van der Waals surface area contributed by atoms with Gasteiger partial charge in [-0.2, -0.15) is 19.6 Å². The summed E-state index contributed by atoms with van der Waals surface area (Å²) in [6.07, 6.45) is 8.91. The highest BCUT2D eigenvalue weighted by Crippen LogP contribution is 2.27. The Morgan fingerprint density at radius 1 is 1.11 bits per heavy atom. The van der Waals surface area contributed by atoms with Crippen LogP contribution >= 0.6 is 0 Å². The van der Waals surface area contributed by atoms with Crippen LogP contribution in [-0.4, -0.2) is 56.5 Å². The Labute approximate surface area is 213 Å². The van der Waals surface area contributed by atoms with Crippen LogP contribution in [0.3, 0.4) is 0 Å². The maximum atomic E-state index is 12.7. The zero-order chi connectivity index (χ0) is 25.1. The molecule has 1 saturated carbocycles. The number of nitrogens with one attached hydrogen (secondary N) is 1. The largest absolute Gasteiger partial charge is 0.460 e. The van der Waals surface area contributed by atoms with Crippen molar-refractivity contribution in [1.29, 1.82) is 0 Å². The summed E-state index contributed by atoms with van der Waals surface area (Å²) in [5, 5.41) is 8.03. The Kier molecular flexibility index (Phi) is 7.51. The number of rotatable bonds is 9. The second-order valence-corrected chi connectivity index (χ2v) is 10.7. The molecule has 36 heavy (non-hydrogen) atoms. The normalized spacial score (nSPS) is 17.8. The average Bonchev–Trinajstić information content (AvgIpc) is 3.55. The van der Waals surface area contributed by atoms with E-state index in [1.54, 1.807) is 4.52 Å². The van der Waals surface area contributed by atoms with Gasteiger partial charge >= 0.3 is 6.01 Å². The van der Waals surface area contributed by atoms with E-state index in [9.17, 15) is 4.79 Å². The van der Waals surface area contributed by atoms with Crippen molar-refractivity contribution in [3.8, 4) is 6.01 Å². The van der Waals surface area contributed by atoms with Gasteiger partial charge in [0.15, 0.2) is 5.65 Å². The molecule has 0 atom stereocenters. The number of hydrogen-bond donors (Lipinski definition) is 1. The number of nitrogens with zero attached hydrogens (tertiary/aromatic N) is 5. The number of carbonyl (C=O) groups excluding carboxylic acids is 1. The number of anilines is 1. The van der Waals surface area contributed by atoms with Crippen LogP contribution in [0.1, 0.15) is 75.0 Å². The number of likely N-dealkylation sites (tertiary alicyclic amines) is 1. The maximum absolute atomic E-state index is 12.7. The van der Waals surface area contributed by atoms with Crippen molar-refractivity contribution in [3.63, 3.8) is 0 Å². The molecular weight excluding hydrogens is 452 g/mol. The van der Waals surface area contributed by atoms with Crippen LogP contribution in [0.2, 0.25) is 0 Å². The van der Waals surface area contributed by atoms with Gasteiger partial charge in [0.2, 0.25) is 5.95 Å². The quantitative estimate of drug-likeness (QED) is 0.468. The molecule has 1 aromatic carbocycles. The van der Waals surface area contributed by atoms with E-state index in [1.807, 2.05) is 12.3 Å². The van der Waals surface area contributed by atoms with Crippen molar-refractivity contribution in [2.24, 2.45) is 5.92 Å². The first-order valence-corrected chi connectivity index (χ1v) is 13.4. The zero-order valence-corrected chi connectivity index (χ0v) is 21.7. The predicted octanol–water partition coefficient (Wildman–Crippen LogP) is 4.63. The third-order valence-corrected chi connectivity index (χ3v) is 7.57. The second-order valence-electron chi connectivity index (χ2n) is 10.7. The van der Waals surface area contributed by atoms with E-state index in [0.717, 1.165) is 61.1 Å². The molecule has 0 unspecified atom stereocenters. The highest BCUT2D eigenvalue weighted by atomic mass is 16.5. The molecule has 1 aliphatic heterocycles. The zero-order valence-electron chi connectivity index (χ0n) is 21.7. The Morgan fingerprint density at radius 2 is 1.86 bits per heavy atom. The fourth-order valence-electron chi connectivity index (χ4n) is 5.33. The van der Waals surface area contributed by atoms with Crippen LogP contribution in [0.15, 0.2) is 30.5 Å². The highest BCUT2D eigenvalue weighted by molar-refractivity contribution is 5.83. The van der Waals surface area contributed by atoms with Crippen molar-refractivity contribution in [2.45, 2.75) is 77.4 Å². The third-order valence-electron chi connectivity index (χ3n) is 7.57. The lowest BCUT2D eigenvalue weighted by molar-refractivity contribution is -0.122. The second kappa shape index (κ2) is 10.9. The molecule has 0 bridgehead atoms. The van der Waals surface area contributed by atoms with Gasteiger partial charge < -0.3 is 15.0 Å². The number of carbonyl (C=O) groups is 1. The van der Waals surface area contributed by atoms with Gasteiger partial charge in [0.25, 0.3) is 0 Å². The molecule has 2 fully saturated rings. The lowest BCUT2D eigenvalue weighted by Crippen LogP contribution is -2.36. The van der Waals surface area contributed by atoms with Gasteiger partial charge in [-0.25, -0.2) is 0 Å². The molecule has 1 N–H and O–H groups in total. The molecule has 8 nitrogen and oxygen atoms in total. The van der Waals surface area contributed by atoms with Gasteiger partial charge in [-0.05, 0) is 49.8 Å². The van der Waals surface area contributed by atoms with E-state index in [0.29, 0.717) is 30.7 Å². The number of ketones is 1. The number of benzene rings is 1.